The molecular formula is C27H35N3O12. The van der Waals surface area contributed by atoms with E-state index in [-0.39, 0.29) is 0 Å². The van der Waals surface area contributed by atoms with Crippen LogP contribution in [0.25, 0.3) is 11.3 Å². The van der Waals surface area contributed by atoms with Gasteiger partial charge in [0.15, 0.2) is 24.4 Å². The first-order valence-electron chi connectivity index (χ1n) is 12.7. The first-order valence-corrected chi connectivity index (χ1v) is 12.7. The van der Waals surface area contributed by atoms with Gasteiger partial charge in [-0.05, 0) is 44.0 Å². The molecule has 0 spiro atoms. The lowest BCUT2D eigenvalue weighted by atomic mass is 10.0. The SMILES string of the molecule is Cc1cccc(-c2ccc(N3C[C@H]4CN(C)C[C@H]4C3)cn2)c1.O=C(O)[C@H](O)[C@@H](O)C(=O)O.O=C(O)[C@H](O)[C@@H](O)C(=O)O. The zero-order valence-electron chi connectivity index (χ0n) is 22.9. The normalized spacial score (nSPS) is 20.5. The van der Waals surface area contributed by atoms with Crippen LogP contribution < -0.4 is 4.90 Å². The summed E-state index contributed by atoms with van der Waals surface area (Å²) in [6.07, 6.45) is -7.02. The maximum Gasteiger partial charge on any atom is 0.335 e. The number of aliphatic carboxylic acids is 4. The number of fused-ring (bicyclic) bond motifs is 1. The van der Waals surface area contributed by atoms with Crippen molar-refractivity contribution in [1.29, 1.82) is 0 Å². The van der Waals surface area contributed by atoms with Gasteiger partial charge in [0.05, 0.1) is 17.6 Å². The standard InChI is InChI=1S/C19H23N3.2C4H6O6/c1-14-4-3-5-15(8-14)19-7-6-18(9-20-19)22-12-16-10-21(2)11-17(16)13-22;2*5-1(3(7)8)2(6)4(9)10/h3-9,16-17H,10-13H2,1-2H3;2*1-2,5-6H,(H,7,8)(H,9,10)/t16-,17+;2*1-,2-/m.11/s1. The van der Waals surface area contributed by atoms with Gasteiger partial charge in [0.1, 0.15) is 0 Å². The van der Waals surface area contributed by atoms with Gasteiger partial charge < -0.3 is 50.7 Å². The second-order valence-corrected chi connectivity index (χ2v) is 10.0. The Morgan fingerprint density at radius 1 is 0.738 bits per heavy atom. The Kier molecular flexibility index (Phi) is 12.3. The third kappa shape index (κ3) is 9.46. The molecule has 2 aliphatic rings. The van der Waals surface area contributed by atoms with Crippen LogP contribution in [0.1, 0.15) is 5.56 Å². The van der Waals surface area contributed by atoms with Gasteiger partial charge in [0.2, 0.25) is 0 Å². The number of aliphatic hydroxyl groups excluding tert-OH is 4. The molecule has 0 aliphatic carbocycles. The number of hydrogen-bond acceptors (Lipinski definition) is 11. The van der Waals surface area contributed by atoms with Gasteiger partial charge in [0.25, 0.3) is 0 Å². The molecule has 2 saturated heterocycles. The number of pyridine rings is 1. The van der Waals surface area contributed by atoms with Crippen molar-refractivity contribution in [3.05, 3.63) is 48.2 Å². The van der Waals surface area contributed by atoms with Gasteiger partial charge in [-0.15, -0.1) is 0 Å². The summed E-state index contributed by atoms with van der Waals surface area (Å²) in [5.41, 5.74) is 4.81. The summed E-state index contributed by atoms with van der Waals surface area (Å²) in [4.78, 5) is 48.8. The zero-order valence-corrected chi connectivity index (χ0v) is 22.9. The highest BCUT2D eigenvalue weighted by molar-refractivity contribution is 5.83. The van der Waals surface area contributed by atoms with Crippen LogP contribution >= 0.6 is 0 Å². The van der Waals surface area contributed by atoms with Crippen molar-refractivity contribution in [2.75, 3.05) is 38.1 Å². The van der Waals surface area contributed by atoms with E-state index in [1.807, 2.05) is 6.20 Å². The van der Waals surface area contributed by atoms with Crippen LogP contribution in [-0.2, 0) is 19.2 Å². The van der Waals surface area contributed by atoms with Gasteiger partial charge in [-0.25, -0.2) is 19.2 Å². The van der Waals surface area contributed by atoms with Crippen LogP contribution in [-0.4, -0.2) is 132 Å². The topological polar surface area (TPSA) is 249 Å². The average molecular weight is 594 g/mol. The molecule has 1 aromatic carbocycles. The number of nitrogens with zero attached hydrogens (tertiary/aromatic N) is 3. The maximum atomic E-state index is 9.77. The Balaban J connectivity index is 0.000000260. The minimum Gasteiger partial charge on any atom is -0.479 e. The molecule has 1 aromatic heterocycles. The number of likely N-dealkylation sites (tertiary alicyclic amines) is 1. The Labute approximate surface area is 240 Å². The van der Waals surface area contributed by atoms with Gasteiger partial charge >= 0.3 is 23.9 Å². The number of benzene rings is 1. The van der Waals surface area contributed by atoms with E-state index >= 15 is 0 Å². The minimum atomic E-state index is -2.27. The highest BCUT2D eigenvalue weighted by Gasteiger charge is 2.38. The van der Waals surface area contributed by atoms with Crippen LogP contribution in [0, 0.1) is 18.8 Å². The molecule has 15 nitrogen and oxygen atoms in total. The molecule has 2 aromatic rings. The Morgan fingerprint density at radius 2 is 1.19 bits per heavy atom. The minimum absolute atomic E-state index is 0.835. The molecule has 8 N–H and O–H groups in total. The lowest BCUT2D eigenvalue weighted by molar-refractivity contribution is -0.165. The maximum absolute atomic E-state index is 9.77. The summed E-state index contributed by atoms with van der Waals surface area (Å²) in [5.74, 6) is -5.41. The van der Waals surface area contributed by atoms with Crippen molar-refractivity contribution in [3.8, 4) is 11.3 Å². The third-order valence-corrected chi connectivity index (χ3v) is 6.71. The van der Waals surface area contributed by atoms with Crippen LogP contribution in [0.3, 0.4) is 0 Å². The van der Waals surface area contributed by atoms with Gasteiger partial charge in [-0.1, -0.05) is 23.8 Å². The predicted octanol–water partition coefficient (Wildman–Crippen LogP) is -1.19. The number of anilines is 1. The fourth-order valence-corrected chi connectivity index (χ4v) is 4.53. The fourth-order valence-electron chi connectivity index (χ4n) is 4.53. The summed E-state index contributed by atoms with van der Waals surface area (Å²) < 4.78 is 0. The third-order valence-electron chi connectivity index (χ3n) is 6.71. The average Bonchev–Trinajstić information content (AvgIpc) is 3.49. The summed E-state index contributed by atoms with van der Waals surface area (Å²) in [6, 6.07) is 12.9. The van der Waals surface area contributed by atoms with E-state index in [2.05, 4.69) is 60.2 Å². The summed E-state index contributed by atoms with van der Waals surface area (Å²) in [7, 11) is 2.24. The molecule has 0 radical (unpaired) electrons. The van der Waals surface area contributed by atoms with Crippen molar-refractivity contribution in [1.82, 2.24) is 9.88 Å². The van der Waals surface area contributed by atoms with Crippen LogP contribution in [0.2, 0.25) is 0 Å². The van der Waals surface area contributed by atoms with Crippen LogP contribution in [0.4, 0.5) is 5.69 Å². The molecule has 230 valence electrons. The Morgan fingerprint density at radius 3 is 1.55 bits per heavy atom. The molecule has 0 saturated carbocycles. The molecule has 2 fully saturated rings. The number of aliphatic hydroxyl groups is 4. The molecule has 0 amide bonds. The summed E-state index contributed by atoms with van der Waals surface area (Å²) in [6.45, 7) is 6.98. The summed E-state index contributed by atoms with van der Waals surface area (Å²) in [5, 5.41) is 65.1. The molecule has 3 heterocycles. The lowest BCUT2D eigenvalue weighted by Gasteiger charge is -2.21. The van der Waals surface area contributed by atoms with Crippen LogP contribution in [0.15, 0.2) is 42.6 Å². The molecule has 2 aliphatic heterocycles. The number of rotatable bonds is 8. The molecule has 0 unspecified atom stereocenters. The van der Waals surface area contributed by atoms with E-state index in [1.165, 1.54) is 43.0 Å². The number of carbonyl (C=O) groups is 4. The lowest BCUT2D eigenvalue weighted by Crippen LogP contribution is -2.39. The van der Waals surface area contributed by atoms with E-state index in [0.717, 1.165) is 17.5 Å². The molecule has 42 heavy (non-hydrogen) atoms. The Bertz CT molecular complexity index is 1160. The highest BCUT2D eigenvalue weighted by Crippen LogP contribution is 2.33. The predicted molar refractivity (Wildman–Crippen MR) is 146 cm³/mol. The van der Waals surface area contributed by atoms with Gasteiger partial charge in [0, 0.05) is 31.7 Å². The first-order chi connectivity index (χ1) is 19.6. The van der Waals surface area contributed by atoms with E-state index in [0.29, 0.717) is 0 Å². The van der Waals surface area contributed by atoms with Crippen LogP contribution in [0.5, 0.6) is 0 Å². The molecule has 15 heteroatoms. The quantitative estimate of drug-likeness (QED) is 0.179. The molecule has 0 bridgehead atoms. The van der Waals surface area contributed by atoms with Crippen molar-refractivity contribution in [3.63, 3.8) is 0 Å². The van der Waals surface area contributed by atoms with Crippen molar-refractivity contribution in [2.45, 2.75) is 31.3 Å². The first kappa shape index (κ1) is 34.1. The van der Waals surface area contributed by atoms with Crippen molar-refractivity contribution >= 4 is 29.6 Å². The van der Waals surface area contributed by atoms with E-state index in [9.17, 15) is 19.2 Å². The zero-order chi connectivity index (χ0) is 31.7. The number of carboxylic acids is 4. The number of aryl methyl sites for hydroxylation is 1. The van der Waals surface area contributed by atoms with Crippen molar-refractivity contribution in [2.24, 2.45) is 11.8 Å². The van der Waals surface area contributed by atoms with E-state index in [4.69, 9.17) is 45.8 Å². The Hall–Kier alpha value is -4.15. The van der Waals surface area contributed by atoms with Gasteiger partial charge in [-0.2, -0.15) is 0 Å². The second kappa shape index (κ2) is 15.2. The molecular weight excluding hydrogens is 558 g/mol. The number of aromatic nitrogens is 1. The van der Waals surface area contributed by atoms with E-state index in [1.54, 1.807) is 0 Å². The second-order valence-electron chi connectivity index (χ2n) is 10.0. The molecule has 6 atom stereocenters. The molecule has 4 rings (SSSR count). The fraction of sp³-hybridized carbons (Fsp3) is 0.444. The number of hydrogen-bond donors (Lipinski definition) is 8. The smallest absolute Gasteiger partial charge is 0.335 e. The largest absolute Gasteiger partial charge is 0.479 e. The summed E-state index contributed by atoms with van der Waals surface area (Å²) >= 11 is 0. The van der Waals surface area contributed by atoms with Gasteiger partial charge in [-0.3, -0.25) is 4.98 Å². The highest BCUT2D eigenvalue weighted by atomic mass is 16.4. The van der Waals surface area contributed by atoms with Crippen molar-refractivity contribution < 1.29 is 60.0 Å². The number of carboxylic acid groups (broad SMARTS) is 4. The monoisotopic (exact) mass is 593 g/mol. The van der Waals surface area contributed by atoms with E-state index < -0.39 is 48.3 Å².